The summed E-state index contributed by atoms with van der Waals surface area (Å²) < 4.78 is 40.4. The van der Waals surface area contributed by atoms with Gasteiger partial charge in [0.25, 0.3) is 0 Å². The van der Waals surface area contributed by atoms with Crippen molar-refractivity contribution in [2.24, 2.45) is 17.6 Å². The lowest BCUT2D eigenvalue weighted by atomic mass is 10.1. The first-order valence-corrected chi connectivity index (χ1v) is 9.42. The predicted molar refractivity (Wildman–Crippen MR) is 108 cm³/mol. The molecule has 2 heterocycles. The van der Waals surface area contributed by atoms with Crippen molar-refractivity contribution in [2.45, 2.75) is 58.1 Å². The van der Waals surface area contributed by atoms with Gasteiger partial charge in [0.05, 0.1) is 12.5 Å². The van der Waals surface area contributed by atoms with E-state index in [1.807, 2.05) is 13.8 Å². The van der Waals surface area contributed by atoms with E-state index in [4.69, 9.17) is 15.2 Å². The first kappa shape index (κ1) is 26.2. The average molecular weight is 455 g/mol. The van der Waals surface area contributed by atoms with E-state index >= 15 is 0 Å². The van der Waals surface area contributed by atoms with E-state index in [0.717, 1.165) is 6.20 Å². The maximum atomic E-state index is 14.9. The van der Waals surface area contributed by atoms with Crippen LogP contribution in [0.2, 0.25) is 0 Å². The van der Waals surface area contributed by atoms with E-state index in [0.29, 0.717) is 11.1 Å². The number of carbonyl (C=O) groups excluding carboxylic acids is 1. The first-order chi connectivity index (χ1) is 13.5. The number of nitrogens with zero attached hydrogens (tertiary/aromatic N) is 2. The number of aromatic nitrogens is 2. The van der Waals surface area contributed by atoms with Crippen molar-refractivity contribution in [1.82, 2.24) is 9.55 Å². The summed E-state index contributed by atoms with van der Waals surface area (Å²) in [4.78, 5) is 27.8. The Morgan fingerprint density at radius 3 is 2.57 bits per heavy atom. The van der Waals surface area contributed by atoms with Crippen LogP contribution >= 0.6 is 12.4 Å². The fraction of sp³-hybridized carbons (Fsp3) is 0.722. The summed E-state index contributed by atoms with van der Waals surface area (Å²) in [6, 6.07) is 1.17. The van der Waals surface area contributed by atoms with Crippen molar-refractivity contribution >= 4 is 24.2 Å². The van der Waals surface area contributed by atoms with Crippen LogP contribution in [0.5, 0.6) is 0 Å². The summed E-state index contributed by atoms with van der Waals surface area (Å²) in [5.74, 6) is -4.86. The fourth-order valence-corrected chi connectivity index (χ4v) is 2.67. The Bertz CT molecular complexity index is 777. The summed E-state index contributed by atoms with van der Waals surface area (Å²) in [6.07, 6.45) is -4.47. The number of alkyl halides is 2. The highest BCUT2D eigenvalue weighted by Crippen LogP contribution is 2.44. The Morgan fingerprint density at radius 2 is 2.07 bits per heavy atom. The van der Waals surface area contributed by atoms with Crippen LogP contribution < -0.4 is 16.7 Å². The molecule has 30 heavy (non-hydrogen) atoms. The van der Waals surface area contributed by atoms with E-state index in [-0.39, 0.29) is 30.2 Å². The van der Waals surface area contributed by atoms with Gasteiger partial charge in [-0.1, -0.05) is 27.7 Å². The van der Waals surface area contributed by atoms with Gasteiger partial charge in [-0.15, -0.1) is 12.4 Å². The quantitative estimate of drug-likeness (QED) is 0.499. The monoisotopic (exact) mass is 454 g/mol. The molecule has 1 aliphatic rings. The zero-order valence-corrected chi connectivity index (χ0v) is 18.1. The number of anilines is 1. The van der Waals surface area contributed by atoms with Crippen LogP contribution in [0.25, 0.3) is 0 Å². The third-order valence-electron chi connectivity index (χ3n) is 4.70. The minimum atomic E-state index is -3.75. The molecule has 0 bridgehead atoms. The van der Waals surface area contributed by atoms with Gasteiger partial charge < -0.3 is 25.6 Å². The molecule has 2 rings (SSSR count). The second kappa shape index (κ2) is 10.5. The highest BCUT2D eigenvalue weighted by Gasteiger charge is 2.62. The van der Waals surface area contributed by atoms with Crippen LogP contribution in [-0.2, 0) is 14.3 Å². The third-order valence-corrected chi connectivity index (χ3v) is 4.70. The molecule has 1 unspecified atom stereocenters. The normalized spacial score (nSPS) is 23.9. The second-order valence-electron chi connectivity index (χ2n) is 7.69. The lowest BCUT2D eigenvalue weighted by molar-refractivity contribution is -0.179. The minimum absolute atomic E-state index is 0. The predicted octanol–water partition coefficient (Wildman–Crippen LogP) is 1.15. The molecule has 1 saturated heterocycles. The van der Waals surface area contributed by atoms with Gasteiger partial charge in [0.2, 0.25) is 6.23 Å². The zero-order chi connectivity index (χ0) is 21.9. The van der Waals surface area contributed by atoms with Crippen molar-refractivity contribution in [3.8, 4) is 0 Å². The number of hydrogen-bond donors (Lipinski definition) is 3. The number of halogens is 3. The Labute approximate surface area is 179 Å². The summed E-state index contributed by atoms with van der Waals surface area (Å²) in [5.41, 5.74) is 4.94. The standard InChI is InChI=1S/C18H28F2N4O5.ClH/c1-9(2)11(21)7-22-13-5-6-24(17(27)23-13)16-18(19,20)14(12(8-25)28-16)29-15(26)10(3)4;/h5-6,9-12,14,16,25H,7-8,21H2,1-4H3,(H,22,23,27);1H/t11?,12-,14-,16-;/m1./s1. The molecule has 0 aromatic carbocycles. The van der Waals surface area contributed by atoms with E-state index < -0.39 is 48.5 Å². The van der Waals surface area contributed by atoms with Crippen molar-refractivity contribution in [2.75, 3.05) is 18.5 Å². The Kier molecular flexibility index (Phi) is 9.15. The number of hydrogen-bond acceptors (Lipinski definition) is 8. The molecule has 12 heteroatoms. The Morgan fingerprint density at radius 1 is 1.43 bits per heavy atom. The second-order valence-corrected chi connectivity index (χ2v) is 7.69. The number of ether oxygens (including phenoxy) is 2. The van der Waals surface area contributed by atoms with E-state index in [1.54, 1.807) is 0 Å². The van der Waals surface area contributed by atoms with Gasteiger partial charge in [0.15, 0.2) is 6.10 Å². The van der Waals surface area contributed by atoms with Crippen LogP contribution in [-0.4, -0.2) is 58.0 Å². The molecule has 4 N–H and O–H groups in total. The zero-order valence-electron chi connectivity index (χ0n) is 17.2. The van der Waals surface area contributed by atoms with Crippen molar-refractivity contribution < 1.29 is 28.2 Å². The van der Waals surface area contributed by atoms with Crippen LogP contribution in [0.4, 0.5) is 14.6 Å². The number of nitrogens with one attached hydrogen (secondary N) is 1. The van der Waals surface area contributed by atoms with Crippen molar-refractivity contribution in [1.29, 1.82) is 0 Å². The maximum absolute atomic E-state index is 14.9. The van der Waals surface area contributed by atoms with Gasteiger partial charge in [0, 0.05) is 18.8 Å². The maximum Gasteiger partial charge on any atom is 0.351 e. The number of esters is 1. The van der Waals surface area contributed by atoms with Crippen LogP contribution in [0, 0.1) is 11.8 Å². The largest absolute Gasteiger partial charge is 0.453 e. The molecule has 1 aromatic heterocycles. The van der Waals surface area contributed by atoms with Gasteiger partial charge >= 0.3 is 17.6 Å². The average Bonchev–Trinajstić information content (AvgIpc) is 2.89. The summed E-state index contributed by atoms with van der Waals surface area (Å²) >= 11 is 0. The van der Waals surface area contributed by atoms with Crippen LogP contribution in [0.15, 0.2) is 17.1 Å². The van der Waals surface area contributed by atoms with E-state index in [2.05, 4.69) is 10.3 Å². The van der Waals surface area contributed by atoms with Crippen molar-refractivity contribution in [3.05, 3.63) is 22.7 Å². The molecule has 9 nitrogen and oxygen atoms in total. The summed E-state index contributed by atoms with van der Waals surface area (Å²) in [6.45, 7) is 6.41. The highest BCUT2D eigenvalue weighted by atomic mass is 35.5. The molecular weight excluding hydrogens is 426 g/mol. The molecule has 0 spiro atoms. The van der Waals surface area contributed by atoms with Gasteiger partial charge in [-0.05, 0) is 12.0 Å². The lowest BCUT2D eigenvalue weighted by Gasteiger charge is -2.24. The smallest absolute Gasteiger partial charge is 0.351 e. The topological polar surface area (TPSA) is 129 Å². The molecular formula is C18H29ClF2N4O5. The molecule has 0 radical (unpaired) electrons. The first-order valence-electron chi connectivity index (χ1n) is 9.42. The third kappa shape index (κ3) is 5.65. The molecule has 172 valence electrons. The van der Waals surface area contributed by atoms with Gasteiger partial charge in [0.1, 0.15) is 11.9 Å². The SMILES string of the molecule is CC(C)C(=O)O[C@@H]1[C@@H](CO)O[C@@H](n2ccc(NCC(N)C(C)C)nc2=O)C1(F)F.Cl. The van der Waals surface area contributed by atoms with Crippen LogP contribution in [0.3, 0.4) is 0 Å². The highest BCUT2D eigenvalue weighted by molar-refractivity contribution is 5.85. The molecule has 0 saturated carbocycles. The molecule has 0 amide bonds. The minimum Gasteiger partial charge on any atom is -0.453 e. The molecule has 1 aliphatic heterocycles. The fourth-order valence-electron chi connectivity index (χ4n) is 2.67. The summed E-state index contributed by atoms with van der Waals surface area (Å²) in [7, 11) is 0. The van der Waals surface area contributed by atoms with Crippen molar-refractivity contribution in [3.63, 3.8) is 0 Å². The Balaban J connectivity index is 0.00000450. The molecule has 4 atom stereocenters. The number of rotatable bonds is 8. The van der Waals surface area contributed by atoms with E-state index in [1.165, 1.54) is 19.9 Å². The number of nitrogens with two attached hydrogens (primary N) is 1. The number of aliphatic hydroxyl groups excluding tert-OH is 1. The molecule has 1 fully saturated rings. The lowest BCUT2D eigenvalue weighted by Crippen LogP contribution is -2.45. The van der Waals surface area contributed by atoms with Gasteiger partial charge in [-0.2, -0.15) is 13.8 Å². The molecule has 0 aliphatic carbocycles. The van der Waals surface area contributed by atoms with E-state index in [9.17, 15) is 23.5 Å². The Hall–Kier alpha value is -1.82. The van der Waals surface area contributed by atoms with Crippen LogP contribution in [0.1, 0.15) is 33.9 Å². The molecule has 1 aromatic rings. The van der Waals surface area contributed by atoms with Gasteiger partial charge in [-0.3, -0.25) is 9.36 Å². The van der Waals surface area contributed by atoms with Gasteiger partial charge in [-0.25, -0.2) is 4.79 Å². The summed E-state index contributed by atoms with van der Waals surface area (Å²) in [5, 5.41) is 12.3. The number of carbonyl (C=O) groups is 1. The number of aliphatic hydroxyl groups is 1.